The average Bonchev–Trinajstić information content (AvgIpc) is 2.53. The highest BCUT2D eigenvalue weighted by atomic mass is 16.5. The first-order valence-electron chi connectivity index (χ1n) is 6.57. The number of hydrogen-bond donors (Lipinski definition) is 1. The Morgan fingerprint density at radius 1 is 1.10 bits per heavy atom. The zero-order valence-corrected chi connectivity index (χ0v) is 11.5. The number of nitrogens with zero attached hydrogens (tertiary/aromatic N) is 2. The number of hydrogen-bond acceptors (Lipinski definition) is 4. The molecule has 0 unspecified atom stereocenters. The number of benzene rings is 1. The molecular weight excluding hydrogens is 258 g/mol. The molecule has 2 amide bonds. The SMILES string of the molecule is COC(=O)N1CCN(C(=O)c2ccc(CN)cc2)CC1. The van der Waals surface area contributed by atoms with E-state index in [2.05, 4.69) is 4.74 Å². The lowest BCUT2D eigenvalue weighted by atomic mass is 10.1. The molecule has 0 spiro atoms. The number of nitrogens with two attached hydrogens (primary N) is 1. The molecule has 0 saturated carbocycles. The molecule has 6 nitrogen and oxygen atoms in total. The number of rotatable bonds is 2. The van der Waals surface area contributed by atoms with Crippen molar-refractivity contribution in [2.75, 3.05) is 33.3 Å². The van der Waals surface area contributed by atoms with E-state index in [1.165, 1.54) is 7.11 Å². The van der Waals surface area contributed by atoms with Crippen molar-refractivity contribution in [1.29, 1.82) is 0 Å². The van der Waals surface area contributed by atoms with Gasteiger partial charge < -0.3 is 20.3 Å². The Morgan fingerprint density at radius 2 is 1.65 bits per heavy atom. The van der Waals surface area contributed by atoms with Gasteiger partial charge in [-0.25, -0.2) is 4.79 Å². The van der Waals surface area contributed by atoms with Crippen molar-refractivity contribution < 1.29 is 14.3 Å². The first-order valence-corrected chi connectivity index (χ1v) is 6.57. The van der Waals surface area contributed by atoms with E-state index >= 15 is 0 Å². The van der Waals surface area contributed by atoms with Crippen LogP contribution in [-0.2, 0) is 11.3 Å². The maximum atomic E-state index is 12.3. The van der Waals surface area contributed by atoms with Gasteiger partial charge in [0.2, 0.25) is 0 Å². The van der Waals surface area contributed by atoms with Crippen LogP contribution in [0.1, 0.15) is 15.9 Å². The largest absolute Gasteiger partial charge is 0.453 e. The lowest BCUT2D eigenvalue weighted by Gasteiger charge is -2.33. The molecule has 0 atom stereocenters. The van der Waals surface area contributed by atoms with E-state index in [1.807, 2.05) is 12.1 Å². The number of amides is 2. The maximum absolute atomic E-state index is 12.3. The van der Waals surface area contributed by atoms with Gasteiger partial charge in [0.1, 0.15) is 0 Å². The van der Waals surface area contributed by atoms with Gasteiger partial charge in [0.05, 0.1) is 7.11 Å². The van der Waals surface area contributed by atoms with Crippen molar-refractivity contribution in [3.05, 3.63) is 35.4 Å². The molecule has 2 rings (SSSR count). The van der Waals surface area contributed by atoms with E-state index < -0.39 is 0 Å². The molecular formula is C14H19N3O3. The van der Waals surface area contributed by atoms with Crippen LogP contribution in [0, 0.1) is 0 Å². The summed E-state index contributed by atoms with van der Waals surface area (Å²) in [5, 5.41) is 0. The highest BCUT2D eigenvalue weighted by molar-refractivity contribution is 5.94. The van der Waals surface area contributed by atoms with Gasteiger partial charge in [0.15, 0.2) is 0 Å². The third-order valence-corrected chi connectivity index (χ3v) is 3.44. The van der Waals surface area contributed by atoms with Crippen molar-refractivity contribution in [3.63, 3.8) is 0 Å². The monoisotopic (exact) mass is 277 g/mol. The molecule has 0 radical (unpaired) electrons. The summed E-state index contributed by atoms with van der Waals surface area (Å²) >= 11 is 0. The summed E-state index contributed by atoms with van der Waals surface area (Å²) in [6, 6.07) is 7.30. The van der Waals surface area contributed by atoms with Gasteiger partial charge in [-0.05, 0) is 17.7 Å². The fourth-order valence-electron chi connectivity index (χ4n) is 2.19. The highest BCUT2D eigenvalue weighted by Gasteiger charge is 2.24. The van der Waals surface area contributed by atoms with Crippen molar-refractivity contribution in [2.45, 2.75) is 6.54 Å². The summed E-state index contributed by atoms with van der Waals surface area (Å²) in [5.41, 5.74) is 7.18. The summed E-state index contributed by atoms with van der Waals surface area (Å²) in [6.07, 6.45) is -0.343. The van der Waals surface area contributed by atoms with Crippen LogP contribution in [0.25, 0.3) is 0 Å². The third-order valence-electron chi connectivity index (χ3n) is 3.44. The second kappa shape index (κ2) is 6.38. The molecule has 1 fully saturated rings. The first-order chi connectivity index (χ1) is 9.65. The maximum Gasteiger partial charge on any atom is 0.409 e. The van der Waals surface area contributed by atoms with Crippen LogP contribution in [0.3, 0.4) is 0 Å². The van der Waals surface area contributed by atoms with Gasteiger partial charge in [-0.15, -0.1) is 0 Å². The predicted molar refractivity (Wildman–Crippen MR) is 74.2 cm³/mol. The standard InChI is InChI=1S/C14H19N3O3/c1-20-14(19)17-8-6-16(7-9-17)13(18)12-4-2-11(10-15)3-5-12/h2-5H,6-10,15H2,1H3. The van der Waals surface area contributed by atoms with Crippen molar-refractivity contribution in [1.82, 2.24) is 9.80 Å². The predicted octanol–water partition coefficient (Wildman–Crippen LogP) is 0.670. The average molecular weight is 277 g/mol. The van der Waals surface area contributed by atoms with E-state index in [0.29, 0.717) is 38.3 Å². The zero-order chi connectivity index (χ0) is 14.5. The molecule has 1 aromatic rings. The molecule has 0 aromatic heterocycles. The second-order valence-corrected chi connectivity index (χ2v) is 4.65. The molecule has 1 aliphatic rings. The molecule has 0 aliphatic carbocycles. The van der Waals surface area contributed by atoms with E-state index in [1.54, 1.807) is 21.9 Å². The van der Waals surface area contributed by atoms with Gasteiger partial charge in [0.25, 0.3) is 5.91 Å². The van der Waals surface area contributed by atoms with Crippen molar-refractivity contribution in [3.8, 4) is 0 Å². The van der Waals surface area contributed by atoms with Crippen LogP contribution in [0.5, 0.6) is 0 Å². The molecule has 6 heteroatoms. The molecule has 2 N–H and O–H groups in total. The summed E-state index contributed by atoms with van der Waals surface area (Å²) in [6.45, 7) is 2.50. The minimum Gasteiger partial charge on any atom is -0.453 e. The molecule has 108 valence electrons. The number of methoxy groups -OCH3 is 1. The first kappa shape index (κ1) is 14.3. The van der Waals surface area contributed by atoms with Crippen molar-refractivity contribution in [2.24, 2.45) is 5.73 Å². The molecule has 1 heterocycles. The number of piperazine rings is 1. The number of carbonyl (C=O) groups excluding carboxylic acids is 2. The molecule has 0 bridgehead atoms. The fourth-order valence-corrected chi connectivity index (χ4v) is 2.19. The zero-order valence-electron chi connectivity index (χ0n) is 11.5. The van der Waals surface area contributed by atoms with Crippen LogP contribution < -0.4 is 5.73 Å². The Balaban J connectivity index is 1.95. The molecule has 1 aliphatic heterocycles. The topological polar surface area (TPSA) is 75.9 Å². The minimum absolute atomic E-state index is 0.0157. The van der Waals surface area contributed by atoms with Crippen LogP contribution in [0.15, 0.2) is 24.3 Å². The van der Waals surface area contributed by atoms with Gasteiger partial charge >= 0.3 is 6.09 Å². The Hall–Kier alpha value is -2.08. The van der Waals surface area contributed by atoms with Gasteiger partial charge in [0, 0.05) is 38.3 Å². The van der Waals surface area contributed by atoms with E-state index in [9.17, 15) is 9.59 Å². The van der Waals surface area contributed by atoms with Gasteiger partial charge in [-0.3, -0.25) is 4.79 Å². The van der Waals surface area contributed by atoms with E-state index in [4.69, 9.17) is 5.73 Å². The summed E-state index contributed by atoms with van der Waals surface area (Å²) in [4.78, 5) is 27.0. The smallest absolute Gasteiger partial charge is 0.409 e. The highest BCUT2D eigenvalue weighted by Crippen LogP contribution is 2.10. The van der Waals surface area contributed by atoms with E-state index in [-0.39, 0.29) is 12.0 Å². The van der Waals surface area contributed by atoms with Crippen LogP contribution >= 0.6 is 0 Å². The second-order valence-electron chi connectivity index (χ2n) is 4.65. The minimum atomic E-state index is -0.343. The quantitative estimate of drug-likeness (QED) is 0.862. The van der Waals surface area contributed by atoms with Gasteiger partial charge in [-0.1, -0.05) is 12.1 Å². The fraction of sp³-hybridized carbons (Fsp3) is 0.429. The lowest BCUT2D eigenvalue weighted by molar-refractivity contribution is 0.0599. The number of carbonyl (C=O) groups is 2. The molecule has 1 saturated heterocycles. The van der Waals surface area contributed by atoms with Crippen LogP contribution in [0.4, 0.5) is 4.79 Å². The van der Waals surface area contributed by atoms with E-state index in [0.717, 1.165) is 5.56 Å². The summed E-state index contributed by atoms with van der Waals surface area (Å²) in [7, 11) is 1.36. The molecule has 1 aromatic carbocycles. The Labute approximate surface area is 118 Å². The molecule has 20 heavy (non-hydrogen) atoms. The van der Waals surface area contributed by atoms with Crippen LogP contribution in [-0.4, -0.2) is 55.1 Å². The summed E-state index contributed by atoms with van der Waals surface area (Å²) < 4.78 is 4.67. The van der Waals surface area contributed by atoms with Crippen molar-refractivity contribution >= 4 is 12.0 Å². The van der Waals surface area contributed by atoms with Crippen LogP contribution in [0.2, 0.25) is 0 Å². The van der Waals surface area contributed by atoms with Gasteiger partial charge in [-0.2, -0.15) is 0 Å². The Bertz CT molecular complexity index is 479. The Kier molecular flexibility index (Phi) is 4.57. The third kappa shape index (κ3) is 3.08. The summed E-state index contributed by atoms with van der Waals surface area (Å²) in [5.74, 6) is -0.0157. The lowest BCUT2D eigenvalue weighted by Crippen LogP contribution is -2.50. The normalized spacial score (nSPS) is 15.1. The Morgan fingerprint density at radius 3 is 2.15 bits per heavy atom. The number of ether oxygens (including phenoxy) is 1.